The van der Waals surface area contributed by atoms with Crippen LogP contribution in [0.3, 0.4) is 0 Å². The normalized spacial score (nSPS) is 17.0. The number of halogens is 1. The summed E-state index contributed by atoms with van der Waals surface area (Å²) in [6.45, 7) is 7.39. The van der Waals surface area contributed by atoms with Gasteiger partial charge in [-0.15, -0.1) is 0 Å². The molecule has 0 aromatic heterocycles. The van der Waals surface area contributed by atoms with E-state index in [0.717, 1.165) is 44.7 Å². The number of piperazine rings is 1. The summed E-state index contributed by atoms with van der Waals surface area (Å²) < 4.78 is 27.9. The Morgan fingerprint density at radius 1 is 1.33 bits per heavy atom. The number of rotatable bonds is 6. The Kier molecular flexibility index (Phi) is 6.19. The molecule has 0 atom stereocenters. The van der Waals surface area contributed by atoms with E-state index >= 15 is 0 Å². The molecule has 0 unspecified atom stereocenters. The Labute approximate surface area is 135 Å². The van der Waals surface area contributed by atoms with Gasteiger partial charge in [0.25, 0.3) is 0 Å². The van der Waals surface area contributed by atoms with E-state index in [2.05, 4.69) is 30.9 Å². The predicted molar refractivity (Wildman–Crippen MR) is 88.0 cm³/mol. The minimum Gasteiger partial charge on any atom is -0.314 e. The number of aryl methyl sites for hydroxylation is 1. The van der Waals surface area contributed by atoms with Crippen molar-refractivity contribution in [2.75, 3.05) is 39.3 Å². The largest absolute Gasteiger partial charge is 0.314 e. The van der Waals surface area contributed by atoms with Gasteiger partial charge in [0.2, 0.25) is 10.0 Å². The van der Waals surface area contributed by atoms with Crippen LogP contribution in [0.4, 0.5) is 0 Å². The molecule has 0 amide bonds. The van der Waals surface area contributed by atoms with E-state index in [9.17, 15) is 8.42 Å². The predicted octanol–water partition coefficient (Wildman–Crippen LogP) is 1.33. The Balaban J connectivity index is 1.85. The highest BCUT2D eigenvalue weighted by molar-refractivity contribution is 9.10. The van der Waals surface area contributed by atoms with Gasteiger partial charge in [0.05, 0.1) is 4.90 Å². The first kappa shape index (κ1) is 16.9. The quantitative estimate of drug-likeness (QED) is 0.736. The molecule has 1 fully saturated rings. The van der Waals surface area contributed by atoms with Crippen LogP contribution in [-0.2, 0) is 10.0 Å². The third kappa shape index (κ3) is 5.03. The van der Waals surface area contributed by atoms with Crippen LogP contribution in [0.1, 0.15) is 12.0 Å². The minimum atomic E-state index is -3.44. The van der Waals surface area contributed by atoms with E-state index in [1.807, 2.05) is 13.0 Å². The fourth-order valence-electron chi connectivity index (χ4n) is 2.34. The average molecular weight is 376 g/mol. The maximum atomic E-state index is 12.3. The van der Waals surface area contributed by atoms with Crippen molar-refractivity contribution >= 4 is 26.0 Å². The second-order valence-corrected chi connectivity index (χ2v) is 7.87. The molecule has 2 rings (SSSR count). The van der Waals surface area contributed by atoms with Crippen LogP contribution in [-0.4, -0.2) is 52.6 Å². The highest BCUT2D eigenvalue weighted by atomic mass is 79.9. The zero-order valence-corrected chi connectivity index (χ0v) is 14.6. The molecule has 7 heteroatoms. The topological polar surface area (TPSA) is 61.4 Å². The van der Waals surface area contributed by atoms with Gasteiger partial charge in [-0.05, 0) is 53.5 Å². The second kappa shape index (κ2) is 7.69. The van der Waals surface area contributed by atoms with Gasteiger partial charge in [-0.2, -0.15) is 0 Å². The van der Waals surface area contributed by atoms with Crippen molar-refractivity contribution in [2.45, 2.75) is 18.2 Å². The summed E-state index contributed by atoms with van der Waals surface area (Å²) in [6.07, 6.45) is 0.822. The number of benzene rings is 1. The molecule has 0 bridgehead atoms. The van der Waals surface area contributed by atoms with Crippen LogP contribution in [0.2, 0.25) is 0 Å². The molecule has 2 N–H and O–H groups in total. The summed E-state index contributed by atoms with van der Waals surface area (Å²) in [6, 6.07) is 5.33. The van der Waals surface area contributed by atoms with Crippen molar-refractivity contribution in [3.05, 3.63) is 28.2 Å². The summed E-state index contributed by atoms with van der Waals surface area (Å²) >= 11 is 3.30. The Morgan fingerprint density at radius 3 is 2.76 bits per heavy atom. The molecular formula is C14H22BrN3O2S. The molecule has 1 heterocycles. The van der Waals surface area contributed by atoms with Crippen molar-refractivity contribution < 1.29 is 8.42 Å². The van der Waals surface area contributed by atoms with E-state index in [1.165, 1.54) is 0 Å². The molecular weight excluding hydrogens is 354 g/mol. The molecule has 1 saturated heterocycles. The molecule has 118 valence electrons. The van der Waals surface area contributed by atoms with Gasteiger partial charge < -0.3 is 10.2 Å². The zero-order valence-electron chi connectivity index (χ0n) is 12.2. The van der Waals surface area contributed by atoms with Crippen molar-refractivity contribution in [1.82, 2.24) is 14.9 Å². The SMILES string of the molecule is Cc1ccc(Br)c(S(=O)(=O)NCCCN2CCNCC2)c1. The van der Waals surface area contributed by atoms with E-state index < -0.39 is 10.0 Å². The number of sulfonamides is 1. The molecule has 0 radical (unpaired) electrons. The molecule has 1 aliphatic rings. The summed E-state index contributed by atoms with van der Waals surface area (Å²) in [5.74, 6) is 0. The van der Waals surface area contributed by atoms with Gasteiger partial charge in [-0.1, -0.05) is 6.07 Å². The third-order valence-electron chi connectivity index (χ3n) is 3.53. The Hall–Kier alpha value is -0.470. The lowest BCUT2D eigenvalue weighted by Gasteiger charge is -2.27. The number of nitrogens with zero attached hydrogens (tertiary/aromatic N) is 1. The lowest BCUT2D eigenvalue weighted by atomic mass is 10.2. The Bertz CT molecular complexity index is 572. The molecule has 1 aliphatic heterocycles. The summed E-state index contributed by atoms with van der Waals surface area (Å²) in [4.78, 5) is 2.66. The smallest absolute Gasteiger partial charge is 0.241 e. The van der Waals surface area contributed by atoms with Gasteiger partial charge in [0.1, 0.15) is 0 Å². The minimum absolute atomic E-state index is 0.310. The van der Waals surface area contributed by atoms with Gasteiger partial charge in [0, 0.05) is 37.2 Å². The monoisotopic (exact) mass is 375 g/mol. The molecule has 0 aliphatic carbocycles. The lowest BCUT2D eigenvalue weighted by Crippen LogP contribution is -2.44. The Morgan fingerprint density at radius 2 is 2.05 bits per heavy atom. The zero-order chi connectivity index (χ0) is 15.3. The van der Waals surface area contributed by atoms with Crippen molar-refractivity contribution in [3.63, 3.8) is 0 Å². The fraction of sp³-hybridized carbons (Fsp3) is 0.571. The van der Waals surface area contributed by atoms with Gasteiger partial charge >= 0.3 is 0 Å². The first-order chi connectivity index (χ1) is 9.99. The van der Waals surface area contributed by atoms with E-state index in [4.69, 9.17) is 0 Å². The van der Waals surface area contributed by atoms with Crippen LogP contribution in [0, 0.1) is 6.92 Å². The van der Waals surface area contributed by atoms with Crippen LogP contribution in [0.25, 0.3) is 0 Å². The first-order valence-corrected chi connectivity index (χ1v) is 9.45. The second-order valence-electron chi connectivity index (χ2n) is 5.28. The van der Waals surface area contributed by atoms with Crippen LogP contribution >= 0.6 is 15.9 Å². The summed E-state index contributed by atoms with van der Waals surface area (Å²) in [7, 11) is -3.44. The van der Waals surface area contributed by atoms with Crippen LogP contribution in [0.5, 0.6) is 0 Å². The van der Waals surface area contributed by atoms with E-state index in [0.29, 0.717) is 15.9 Å². The summed E-state index contributed by atoms with van der Waals surface area (Å²) in [5, 5.41) is 3.30. The number of hydrogen-bond acceptors (Lipinski definition) is 4. The maximum Gasteiger partial charge on any atom is 0.241 e. The van der Waals surface area contributed by atoms with Crippen LogP contribution in [0.15, 0.2) is 27.6 Å². The maximum absolute atomic E-state index is 12.3. The number of nitrogens with one attached hydrogen (secondary N) is 2. The molecule has 0 saturated carbocycles. The van der Waals surface area contributed by atoms with Gasteiger partial charge in [0.15, 0.2) is 0 Å². The third-order valence-corrected chi connectivity index (χ3v) is 5.98. The fourth-order valence-corrected chi connectivity index (χ4v) is 4.46. The highest BCUT2D eigenvalue weighted by Crippen LogP contribution is 2.22. The average Bonchev–Trinajstić information content (AvgIpc) is 2.47. The number of hydrogen-bond donors (Lipinski definition) is 2. The van der Waals surface area contributed by atoms with Crippen LogP contribution < -0.4 is 10.0 Å². The molecule has 0 spiro atoms. The van der Waals surface area contributed by atoms with Gasteiger partial charge in [-0.25, -0.2) is 13.1 Å². The van der Waals surface area contributed by atoms with E-state index in [1.54, 1.807) is 12.1 Å². The molecule has 1 aromatic carbocycles. The van der Waals surface area contributed by atoms with Crippen molar-refractivity contribution in [3.8, 4) is 0 Å². The molecule has 21 heavy (non-hydrogen) atoms. The van der Waals surface area contributed by atoms with Crippen molar-refractivity contribution in [1.29, 1.82) is 0 Å². The standard InChI is InChI=1S/C14H22BrN3O2S/c1-12-3-4-13(15)14(11-12)21(19,20)17-5-2-8-18-9-6-16-7-10-18/h3-4,11,16-17H,2,5-10H2,1H3. The van der Waals surface area contributed by atoms with Crippen molar-refractivity contribution in [2.24, 2.45) is 0 Å². The summed E-state index contributed by atoms with van der Waals surface area (Å²) in [5.41, 5.74) is 0.930. The molecule has 1 aromatic rings. The first-order valence-electron chi connectivity index (χ1n) is 7.18. The van der Waals surface area contributed by atoms with E-state index in [-0.39, 0.29) is 0 Å². The molecule has 5 nitrogen and oxygen atoms in total. The lowest BCUT2D eigenvalue weighted by molar-refractivity contribution is 0.239. The van der Waals surface area contributed by atoms with Gasteiger partial charge in [-0.3, -0.25) is 0 Å². The highest BCUT2D eigenvalue weighted by Gasteiger charge is 2.17.